The van der Waals surface area contributed by atoms with Crippen molar-refractivity contribution >= 4 is 0 Å². The van der Waals surface area contributed by atoms with E-state index in [1.165, 1.54) is 6.07 Å². The van der Waals surface area contributed by atoms with E-state index in [0.717, 1.165) is 17.3 Å². The van der Waals surface area contributed by atoms with Crippen molar-refractivity contribution in [3.05, 3.63) is 89.2 Å². The normalized spacial score (nSPS) is 10.9. The number of nitrogens with zero attached hydrogens (tertiary/aromatic N) is 2. The van der Waals surface area contributed by atoms with Crippen LogP contribution in [0.4, 0.5) is 8.78 Å². The number of methoxy groups -OCH3 is 2. The Bertz CT molecular complexity index is 920. The molecule has 0 radical (unpaired) electrons. The van der Waals surface area contributed by atoms with Crippen molar-refractivity contribution in [1.82, 2.24) is 9.88 Å². The Kier molecular flexibility index (Phi) is 6.55. The molecule has 146 valence electrons. The van der Waals surface area contributed by atoms with Gasteiger partial charge in [0.2, 0.25) is 0 Å². The maximum atomic E-state index is 13.7. The van der Waals surface area contributed by atoms with Crippen LogP contribution >= 0.6 is 0 Å². The smallest absolute Gasteiger partial charge is 0.165 e. The van der Waals surface area contributed by atoms with Crippen molar-refractivity contribution in [2.75, 3.05) is 14.2 Å². The molecule has 0 fully saturated rings. The summed E-state index contributed by atoms with van der Waals surface area (Å²) in [5, 5.41) is 0. The summed E-state index contributed by atoms with van der Waals surface area (Å²) in [5.41, 5.74) is 2.49. The summed E-state index contributed by atoms with van der Waals surface area (Å²) < 4.78 is 37.8. The highest BCUT2D eigenvalue weighted by Crippen LogP contribution is 2.32. The molecule has 0 amide bonds. The molecule has 3 aromatic rings. The number of rotatable bonds is 8. The first-order chi connectivity index (χ1) is 13.6. The summed E-state index contributed by atoms with van der Waals surface area (Å²) in [6.45, 7) is 1.49. The maximum Gasteiger partial charge on any atom is 0.165 e. The van der Waals surface area contributed by atoms with E-state index in [9.17, 15) is 8.78 Å². The van der Waals surface area contributed by atoms with E-state index < -0.39 is 11.6 Å². The second-order valence-electron chi connectivity index (χ2n) is 6.37. The Morgan fingerprint density at radius 2 is 1.71 bits per heavy atom. The first-order valence-corrected chi connectivity index (χ1v) is 8.86. The minimum atomic E-state index is -0.853. The number of hydrogen-bond acceptors (Lipinski definition) is 4. The zero-order chi connectivity index (χ0) is 19.9. The van der Waals surface area contributed by atoms with Crippen LogP contribution in [0.1, 0.15) is 16.8 Å². The van der Waals surface area contributed by atoms with Crippen LogP contribution in [0.15, 0.2) is 60.8 Å². The number of aromatic nitrogens is 1. The van der Waals surface area contributed by atoms with Crippen LogP contribution < -0.4 is 9.47 Å². The third-order valence-corrected chi connectivity index (χ3v) is 4.38. The van der Waals surface area contributed by atoms with Crippen LogP contribution in [-0.2, 0) is 19.6 Å². The SMILES string of the molecule is COc1cccc(CN(Cc2ccc(F)c(F)c2)Cc2ccccn2)c1OC. The van der Waals surface area contributed by atoms with E-state index in [1.54, 1.807) is 26.5 Å². The van der Waals surface area contributed by atoms with Crippen molar-refractivity contribution in [1.29, 1.82) is 0 Å². The Labute approximate surface area is 163 Å². The van der Waals surface area contributed by atoms with E-state index >= 15 is 0 Å². The second-order valence-corrected chi connectivity index (χ2v) is 6.37. The Morgan fingerprint density at radius 3 is 2.39 bits per heavy atom. The van der Waals surface area contributed by atoms with Crippen molar-refractivity contribution in [2.45, 2.75) is 19.6 Å². The van der Waals surface area contributed by atoms with Gasteiger partial charge in [-0.05, 0) is 35.9 Å². The maximum absolute atomic E-state index is 13.7. The molecule has 0 spiro atoms. The molecule has 0 aliphatic heterocycles. The molecule has 6 heteroatoms. The van der Waals surface area contributed by atoms with Crippen LogP contribution in [0.3, 0.4) is 0 Å². The molecule has 4 nitrogen and oxygen atoms in total. The minimum Gasteiger partial charge on any atom is -0.493 e. The third-order valence-electron chi connectivity index (χ3n) is 4.38. The Morgan fingerprint density at radius 1 is 0.857 bits per heavy atom. The van der Waals surface area contributed by atoms with E-state index in [0.29, 0.717) is 36.7 Å². The summed E-state index contributed by atoms with van der Waals surface area (Å²) in [6.07, 6.45) is 1.73. The first kappa shape index (κ1) is 19.8. The molecule has 1 aromatic heterocycles. The zero-order valence-corrected chi connectivity index (χ0v) is 15.9. The minimum absolute atomic E-state index is 0.425. The highest BCUT2D eigenvalue weighted by molar-refractivity contribution is 5.46. The lowest BCUT2D eigenvalue weighted by Crippen LogP contribution is -2.23. The van der Waals surface area contributed by atoms with Crippen molar-refractivity contribution < 1.29 is 18.3 Å². The van der Waals surface area contributed by atoms with Gasteiger partial charge in [0.1, 0.15) is 0 Å². The quantitative estimate of drug-likeness (QED) is 0.569. The fourth-order valence-electron chi connectivity index (χ4n) is 3.10. The van der Waals surface area contributed by atoms with E-state index in [1.807, 2.05) is 36.4 Å². The molecule has 28 heavy (non-hydrogen) atoms. The third kappa shape index (κ3) is 4.84. The molecule has 0 bridgehead atoms. The van der Waals surface area contributed by atoms with Gasteiger partial charge >= 0.3 is 0 Å². The van der Waals surface area contributed by atoms with E-state index in [2.05, 4.69) is 9.88 Å². The van der Waals surface area contributed by atoms with Crippen LogP contribution in [-0.4, -0.2) is 24.1 Å². The Balaban J connectivity index is 1.88. The average molecular weight is 384 g/mol. The van der Waals surface area contributed by atoms with Crippen molar-refractivity contribution in [3.63, 3.8) is 0 Å². The monoisotopic (exact) mass is 384 g/mol. The molecule has 0 unspecified atom stereocenters. The van der Waals surface area contributed by atoms with Crippen molar-refractivity contribution in [2.24, 2.45) is 0 Å². The molecular formula is C22H22F2N2O2. The summed E-state index contributed by atoms with van der Waals surface area (Å²) in [7, 11) is 3.19. The van der Waals surface area contributed by atoms with Crippen LogP contribution in [0, 0.1) is 11.6 Å². The van der Waals surface area contributed by atoms with Gasteiger partial charge < -0.3 is 9.47 Å². The van der Waals surface area contributed by atoms with Gasteiger partial charge in [-0.15, -0.1) is 0 Å². The molecule has 2 aromatic carbocycles. The number of hydrogen-bond donors (Lipinski definition) is 0. The fraction of sp³-hybridized carbons (Fsp3) is 0.227. The van der Waals surface area contributed by atoms with Crippen molar-refractivity contribution in [3.8, 4) is 11.5 Å². The standard InChI is InChI=1S/C22H22F2N2O2/c1-27-21-8-5-6-17(22(21)28-2)14-26(15-18-7-3-4-11-25-18)13-16-9-10-19(23)20(24)12-16/h3-12H,13-15H2,1-2H3. The molecule has 0 saturated heterocycles. The molecule has 3 rings (SSSR count). The molecule has 0 aliphatic carbocycles. The van der Waals surface area contributed by atoms with Gasteiger partial charge in [-0.1, -0.05) is 24.3 Å². The van der Waals surface area contributed by atoms with Gasteiger partial charge in [0, 0.05) is 31.4 Å². The molecule has 0 aliphatic rings. The Hall–Kier alpha value is -2.99. The van der Waals surface area contributed by atoms with Crippen LogP contribution in [0.5, 0.6) is 11.5 Å². The zero-order valence-electron chi connectivity index (χ0n) is 15.9. The summed E-state index contributed by atoms with van der Waals surface area (Å²) >= 11 is 0. The largest absolute Gasteiger partial charge is 0.493 e. The lowest BCUT2D eigenvalue weighted by Gasteiger charge is -2.24. The first-order valence-electron chi connectivity index (χ1n) is 8.86. The van der Waals surface area contributed by atoms with Gasteiger partial charge in [-0.3, -0.25) is 9.88 Å². The second kappa shape index (κ2) is 9.28. The van der Waals surface area contributed by atoms with Gasteiger partial charge in [0.25, 0.3) is 0 Å². The highest BCUT2D eigenvalue weighted by atomic mass is 19.2. The van der Waals surface area contributed by atoms with Gasteiger partial charge in [0.15, 0.2) is 23.1 Å². The van der Waals surface area contributed by atoms with Gasteiger partial charge in [-0.25, -0.2) is 8.78 Å². The molecule has 1 heterocycles. The number of halogens is 2. The number of para-hydroxylation sites is 1. The molecule has 0 saturated carbocycles. The highest BCUT2D eigenvalue weighted by Gasteiger charge is 2.15. The lowest BCUT2D eigenvalue weighted by molar-refractivity contribution is 0.239. The van der Waals surface area contributed by atoms with E-state index in [4.69, 9.17) is 9.47 Å². The predicted molar refractivity (Wildman–Crippen MR) is 103 cm³/mol. The van der Waals surface area contributed by atoms with Gasteiger partial charge in [0.05, 0.1) is 19.9 Å². The summed E-state index contributed by atoms with van der Waals surface area (Å²) in [5.74, 6) is -0.407. The average Bonchev–Trinajstić information content (AvgIpc) is 2.71. The molecule has 0 N–H and O–H groups in total. The molecule has 0 atom stereocenters. The lowest BCUT2D eigenvalue weighted by atomic mass is 10.1. The topological polar surface area (TPSA) is 34.6 Å². The van der Waals surface area contributed by atoms with Crippen LogP contribution in [0.2, 0.25) is 0 Å². The van der Waals surface area contributed by atoms with E-state index in [-0.39, 0.29) is 0 Å². The fourth-order valence-corrected chi connectivity index (χ4v) is 3.10. The number of benzene rings is 2. The summed E-state index contributed by atoms with van der Waals surface area (Å²) in [6, 6.07) is 15.4. The number of ether oxygens (including phenoxy) is 2. The summed E-state index contributed by atoms with van der Waals surface area (Å²) in [4.78, 5) is 6.47. The number of pyridine rings is 1. The molecular weight excluding hydrogens is 362 g/mol. The predicted octanol–water partition coefficient (Wildman–Crippen LogP) is 4.58. The van der Waals surface area contributed by atoms with Crippen LogP contribution in [0.25, 0.3) is 0 Å². The van der Waals surface area contributed by atoms with Gasteiger partial charge in [-0.2, -0.15) is 0 Å².